The Labute approximate surface area is 138 Å². The number of thiazole rings is 1. The molecule has 0 fully saturated rings. The summed E-state index contributed by atoms with van der Waals surface area (Å²) < 4.78 is 5.49. The van der Waals surface area contributed by atoms with Crippen molar-refractivity contribution in [2.24, 2.45) is 0 Å². The van der Waals surface area contributed by atoms with Crippen LogP contribution < -0.4 is 5.32 Å². The Balaban J connectivity index is 1.70. The van der Waals surface area contributed by atoms with Gasteiger partial charge in [0, 0.05) is 18.3 Å². The number of unbranched alkanes of at least 4 members (excludes halogenated alkanes) is 3. The molecule has 2 heterocycles. The van der Waals surface area contributed by atoms with Crippen molar-refractivity contribution in [2.45, 2.75) is 39.0 Å². The number of carboxylic acid groups (broad SMARTS) is 1. The summed E-state index contributed by atoms with van der Waals surface area (Å²) >= 11 is 1.38. The van der Waals surface area contributed by atoms with Crippen molar-refractivity contribution >= 4 is 23.2 Å². The Kier molecular flexibility index (Phi) is 6.34. The zero-order chi connectivity index (χ0) is 16.7. The van der Waals surface area contributed by atoms with Gasteiger partial charge in [0.1, 0.15) is 11.5 Å². The molecule has 0 aromatic carbocycles. The average molecular weight is 336 g/mol. The molecule has 0 bridgehead atoms. The van der Waals surface area contributed by atoms with E-state index in [0.717, 1.165) is 25.0 Å². The first-order chi connectivity index (χ1) is 11.1. The Morgan fingerprint density at radius 3 is 2.74 bits per heavy atom. The van der Waals surface area contributed by atoms with Gasteiger partial charge in [-0.15, -0.1) is 11.3 Å². The van der Waals surface area contributed by atoms with Crippen molar-refractivity contribution in [2.75, 3.05) is 6.54 Å². The normalized spacial score (nSPS) is 10.7. The van der Waals surface area contributed by atoms with Crippen LogP contribution in [0.5, 0.6) is 0 Å². The second-order valence-electron chi connectivity index (χ2n) is 5.26. The van der Waals surface area contributed by atoms with Crippen molar-refractivity contribution in [1.82, 2.24) is 10.3 Å². The van der Waals surface area contributed by atoms with Crippen LogP contribution in [0.15, 0.2) is 21.9 Å². The second kappa shape index (κ2) is 8.47. The Morgan fingerprint density at radius 2 is 2.04 bits per heavy atom. The number of aliphatic carboxylic acids is 1. The minimum absolute atomic E-state index is 0.193. The van der Waals surface area contributed by atoms with Crippen LogP contribution in [0.3, 0.4) is 0 Å². The molecule has 0 unspecified atom stereocenters. The topological polar surface area (TPSA) is 92.4 Å². The predicted octanol–water partition coefficient (Wildman–Crippen LogP) is 3.48. The van der Waals surface area contributed by atoms with E-state index < -0.39 is 5.97 Å². The molecule has 0 spiro atoms. The number of carbonyl (C=O) groups excluding carboxylic acids is 1. The van der Waals surface area contributed by atoms with E-state index in [4.69, 9.17) is 9.52 Å². The molecule has 0 atom stereocenters. The van der Waals surface area contributed by atoms with Crippen LogP contribution in [0.25, 0.3) is 10.8 Å². The van der Waals surface area contributed by atoms with E-state index in [1.165, 1.54) is 11.3 Å². The van der Waals surface area contributed by atoms with Crippen LogP contribution in [0, 0.1) is 6.92 Å². The van der Waals surface area contributed by atoms with Crippen molar-refractivity contribution < 1.29 is 19.1 Å². The van der Waals surface area contributed by atoms with Crippen LogP contribution in [0.2, 0.25) is 0 Å². The highest BCUT2D eigenvalue weighted by atomic mass is 32.1. The molecule has 2 N–H and O–H groups in total. The fourth-order valence-electron chi connectivity index (χ4n) is 2.09. The van der Waals surface area contributed by atoms with Gasteiger partial charge in [0.15, 0.2) is 10.8 Å². The molecule has 6 nitrogen and oxygen atoms in total. The second-order valence-corrected chi connectivity index (χ2v) is 6.12. The number of carboxylic acids is 1. The quantitative estimate of drug-likeness (QED) is 0.684. The summed E-state index contributed by atoms with van der Waals surface area (Å²) in [5, 5.41) is 13.8. The van der Waals surface area contributed by atoms with Gasteiger partial charge in [-0.05, 0) is 31.9 Å². The minimum atomic E-state index is -0.760. The average Bonchev–Trinajstić information content (AvgIpc) is 3.14. The number of rotatable bonds is 9. The van der Waals surface area contributed by atoms with Crippen molar-refractivity contribution in [3.05, 3.63) is 29.0 Å². The first-order valence-electron chi connectivity index (χ1n) is 7.58. The van der Waals surface area contributed by atoms with Crippen LogP contribution in [0.1, 0.15) is 48.4 Å². The highest BCUT2D eigenvalue weighted by Crippen LogP contribution is 2.25. The summed E-state index contributed by atoms with van der Waals surface area (Å²) in [6.07, 6.45) is 3.49. The van der Waals surface area contributed by atoms with Crippen LogP contribution in [-0.4, -0.2) is 28.5 Å². The van der Waals surface area contributed by atoms with E-state index in [1.54, 1.807) is 5.38 Å². The maximum atomic E-state index is 12.0. The maximum absolute atomic E-state index is 12.0. The largest absolute Gasteiger partial charge is 0.481 e. The van der Waals surface area contributed by atoms with Gasteiger partial charge < -0.3 is 14.8 Å². The SMILES string of the molecule is Cc1ccc(-c2nc(C(=O)NCCCCCCC(=O)O)cs2)o1. The van der Waals surface area contributed by atoms with Crippen molar-refractivity contribution in [3.8, 4) is 10.8 Å². The molecule has 0 saturated heterocycles. The molecule has 2 aromatic rings. The lowest BCUT2D eigenvalue weighted by Crippen LogP contribution is -2.24. The van der Waals surface area contributed by atoms with Gasteiger partial charge in [0.2, 0.25) is 0 Å². The summed E-state index contributed by atoms with van der Waals surface area (Å²) in [5.74, 6) is 0.528. The number of nitrogens with zero attached hydrogens (tertiary/aromatic N) is 1. The van der Waals surface area contributed by atoms with Gasteiger partial charge in [-0.2, -0.15) is 0 Å². The first kappa shape index (κ1) is 17.2. The summed E-state index contributed by atoms with van der Waals surface area (Å²) in [5.41, 5.74) is 0.393. The summed E-state index contributed by atoms with van der Waals surface area (Å²) in [7, 11) is 0. The molecule has 2 aromatic heterocycles. The molecule has 2 rings (SSSR count). The molecule has 1 amide bonds. The highest BCUT2D eigenvalue weighted by molar-refractivity contribution is 7.13. The van der Waals surface area contributed by atoms with E-state index >= 15 is 0 Å². The van der Waals surface area contributed by atoms with Gasteiger partial charge in [0.05, 0.1) is 0 Å². The number of amides is 1. The molecule has 124 valence electrons. The molecule has 0 aliphatic heterocycles. The van der Waals surface area contributed by atoms with E-state index in [0.29, 0.717) is 29.4 Å². The smallest absolute Gasteiger partial charge is 0.303 e. The lowest BCUT2D eigenvalue weighted by molar-refractivity contribution is -0.137. The van der Waals surface area contributed by atoms with Gasteiger partial charge in [-0.25, -0.2) is 4.98 Å². The van der Waals surface area contributed by atoms with Crippen LogP contribution in [-0.2, 0) is 4.79 Å². The monoisotopic (exact) mass is 336 g/mol. The summed E-state index contributed by atoms with van der Waals surface area (Å²) in [6.45, 7) is 2.43. The molecule has 7 heteroatoms. The number of hydrogen-bond donors (Lipinski definition) is 2. The number of nitrogens with one attached hydrogen (secondary N) is 1. The van der Waals surface area contributed by atoms with E-state index in [9.17, 15) is 9.59 Å². The summed E-state index contributed by atoms with van der Waals surface area (Å²) in [4.78, 5) is 26.7. The molecular weight excluding hydrogens is 316 g/mol. The van der Waals surface area contributed by atoms with E-state index in [1.807, 2.05) is 19.1 Å². The maximum Gasteiger partial charge on any atom is 0.303 e. The fourth-order valence-corrected chi connectivity index (χ4v) is 2.85. The Morgan fingerprint density at radius 1 is 1.26 bits per heavy atom. The predicted molar refractivity (Wildman–Crippen MR) is 87.6 cm³/mol. The van der Waals surface area contributed by atoms with Crippen LogP contribution in [0.4, 0.5) is 0 Å². The zero-order valence-corrected chi connectivity index (χ0v) is 13.8. The third-order valence-electron chi connectivity index (χ3n) is 3.29. The third-order valence-corrected chi connectivity index (χ3v) is 4.15. The van der Waals surface area contributed by atoms with E-state index in [-0.39, 0.29) is 12.3 Å². The van der Waals surface area contributed by atoms with Gasteiger partial charge >= 0.3 is 5.97 Å². The Hall–Kier alpha value is -2.15. The lowest BCUT2D eigenvalue weighted by Gasteiger charge is -2.02. The number of furan rings is 1. The van der Waals surface area contributed by atoms with Gasteiger partial charge in [0.25, 0.3) is 5.91 Å². The molecule has 0 aliphatic carbocycles. The first-order valence-corrected chi connectivity index (χ1v) is 8.46. The highest BCUT2D eigenvalue weighted by Gasteiger charge is 2.13. The molecular formula is C16H20N2O4S. The Bertz CT molecular complexity index is 663. The molecule has 0 saturated carbocycles. The van der Waals surface area contributed by atoms with Gasteiger partial charge in [-0.3, -0.25) is 9.59 Å². The zero-order valence-electron chi connectivity index (χ0n) is 13.0. The standard InChI is InChI=1S/C16H20N2O4S/c1-11-7-8-13(22-11)16-18-12(10-23-16)15(21)17-9-5-3-2-4-6-14(19)20/h7-8,10H,2-6,9H2,1H3,(H,17,21)(H,19,20). The van der Waals surface area contributed by atoms with Gasteiger partial charge in [-0.1, -0.05) is 12.8 Å². The molecule has 0 aliphatic rings. The molecule has 23 heavy (non-hydrogen) atoms. The third kappa shape index (κ3) is 5.52. The number of aromatic nitrogens is 1. The fraction of sp³-hybridized carbons (Fsp3) is 0.438. The van der Waals surface area contributed by atoms with Crippen molar-refractivity contribution in [1.29, 1.82) is 0 Å². The summed E-state index contributed by atoms with van der Waals surface area (Å²) in [6, 6.07) is 3.70. The number of hydrogen-bond acceptors (Lipinski definition) is 5. The lowest BCUT2D eigenvalue weighted by atomic mass is 10.1. The minimum Gasteiger partial charge on any atom is -0.481 e. The number of aryl methyl sites for hydroxylation is 1. The number of carbonyl (C=O) groups is 2. The van der Waals surface area contributed by atoms with Crippen LogP contribution >= 0.6 is 11.3 Å². The molecule has 0 radical (unpaired) electrons. The van der Waals surface area contributed by atoms with E-state index in [2.05, 4.69) is 10.3 Å². The van der Waals surface area contributed by atoms with Crippen molar-refractivity contribution in [3.63, 3.8) is 0 Å².